The van der Waals surface area contributed by atoms with Crippen LogP contribution in [0.25, 0.3) is 0 Å². The lowest BCUT2D eigenvalue weighted by Gasteiger charge is -2.05. The van der Waals surface area contributed by atoms with Crippen LogP contribution in [0.3, 0.4) is 0 Å². The molecule has 0 spiro atoms. The SMILES string of the molecule is Cc1cc(C)c2c(c1)NC(C(=O)O)C2. The molecule has 0 aliphatic carbocycles. The van der Waals surface area contributed by atoms with Gasteiger partial charge in [-0.15, -0.1) is 0 Å². The number of aryl methyl sites for hydroxylation is 2. The molecule has 0 saturated carbocycles. The maximum Gasteiger partial charge on any atom is 0.326 e. The summed E-state index contributed by atoms with van der Waals surface area (Å²) in [7, 11) is 0. The Hall–Kier alpha value is -1.51. The van der Waals surface area contributed by atoms with E-state index < -0.39 is 12.0 Å². The van der Waals surface area contributed by atoms with Gasteiger partial charge in [-0.05, 0) is 36.6 Å². The van der Waals surface area contributed by atoms with Gasteiger partial charge in [-0.3, -0.25) is 0 Å². The van der Waals surface area contributed by atoms with E-state index in [4.69, 9.17) is 5.11 Å². The van der Waals surface area contributed by atoms with Gasteiger partial charge in [0, 0.05) is 12.1 Å². The molecule has 0 bridgehead atoms. The van der Waals surface area contributed by atoms with E-state index in [1.807, 2.05) is 19.9 Å². The second-order valence-electron chi connectivity index (χ2n) is 3.85. The Morgan fingerprint density at radius 3 is 2.86 bits per heavy atom. The Labute approximate surface area is 82.8 Å². The molecule has 2 rings (SSSR count). The second-order valence-corrected chi connectivity index (χ2v) is 3.85. The Balaban J connectivity index is 2.39. The number of benzene rings is 1. The average molecular weight is 191 g/mol. The minimum absolute atomic E-state index is 0.453. The highest BCUT2D eigenvalue weighted by Gasteiger charge is 2.27. The number of nitrogens with one attached hydrogen (secondary N) is 1. The molecule has 1 atom stereocenters. The molecule has 1 unspecified atom stereocenters. The monoisotopic (exact) mass is 191 g/mol. The predicted molar refractivity (Wildman–Crippen MR) is 54.7 cm³/mol. The molecule has 0 saturated heterocycles. The molecular weight excluding hydrogens is 178 g/mol. The summed E-state index contributed by atoms with van der Waals surface area (Å²) >= 11 is 0. The predicted octanol–water partition coefficient (Wildman–Crippen LogP) is 1.72. The number of carboxylic acids is 1. The lowest BCUT2D eigenvalue weighted by atomic mass is 10.0. The Morgan fingerprint density at radius 2 is 2.21 bits per heavy atom. The zero-order chi connectivity index (χ0) is 10.3. The van der Waals surface area contributed by atoms with Crippen LogP contribution in [0.15, 0.2) is 12.1 Å². The van der Waals surface area contributed by atoms with Crippen LogP contribution in [0.4, 0.5) is 5.69 Å². The smallest absolute Gasteiger partial charge is 0.326 e. The van der Waals surface area contributed by atoms with Crippen LogP contribution in [-0.2, 0) is 11.2 Å². The van der Waals surface area contributed by atoms with Crippen molar-refractivity contribution in [2.24, 2.45) is 0 Å². The molecule has 1 aromatic rings. The second kappa shape index (κ2) is 3.01. The summed E-state index contributed by atoms with van der Waals surface area (Å²) < 4.78 is 0. The van der Waals surface area contributed by atoms with Gasteiger partial charge in [0.2, 0.25) is 0 Å². The Bertz CT molecular complexity index is 399. The first-order chi connectivity index (χ1) is 6.58. The summed E-state index contributed by atoms with van der Waals surface area (Å²) in [6.45, 7) is 4.04. The van der Waals surface area contributed by atoms with E-state index in [2.05, 4.69) is 11.4 Å². The third kappa shape index (κ3) is 1.35. The summed E-state index contributed by atoms with van der Waals surface area (Å²) in [6.07, 6.45) is 0.594. The third-order valence-electron chi connectivity index (χ3n) is 2.65. The zero-order valence-corrected chi connectivity index (χ0v) is 8.29. The van der Waals surface area contributed by atoms with E-state index in [0.29, 0.717) is 6.42 Å². The molecule has 2 N–H and O–H groups in total. The van der Waals surface area contributed by atoms with Crippen molar-refractivity contribution < 1.29 is 9.90 Å². The molecule has 1 aromatic carbocycles. The maximum atomic E-state index is 10.8. The number of anilines is 1. The van der Waals surface area contributed by atoms with Crippen molar-refractivity contribution in [1.29, 1.82) is 0 Å². The van der Waals surface area contributed by atoms with E-state index >= 15 is 0 Å². The van der Waals surface area contributed by atoms with Crippen molar-refractivity contribution in [3.63, 3.8) is 0 Å². The highest BCUT2D eigenvalue weighted by Crippen LogP contribution is 2.29. The van der Waals surface area contributed by atoms with Crippen LogP contribution in [0, 0.1) is 13.8 Å². The maximum absolute atomic E-state index is 10.8. The van der Waals surface area contributed by atoms with Crippen LogP contribution >= 0.6 is 0 Å². The van der Waals surface area contributed by atoms with Gasteiger partial charge < -0.3 is 10.4 Å². The van der Waals surface area contributed by atoms with E-state index in [-0.39, 0.29) is 0 Å². The molecule has 0 radical (unpaired) electrons. The molecule has 3 nitrogen and oxygen atoms in total. The number of carboxylic acid groups (broad SMARTS) is 1. The van der Waals surface area contributed by atoms with Crippen molar-refractivity contribution in [1.82, 2.24) is 0 Å². The molecule has 1 aliphatic heterocycles. The van der Waals surface area contributed by atoms with Crippen molar-refractivity contribution in [2.75, 3.05) is 5.32 Å². The first-order valence-electron chi connectivity index (χ1n) is 4.67. The fourth-order valence-corrected chi connectivity index (χ4v) is 1.99. The van der Waals surface area contributed by atoms with Crippen LogP contribution < -0.4 is 5.32 Å². The van der Waals surface area contributed by atoms with Gasteiger partial charge in [0.1, 0.15) is 6.04 Å². The van der Waals surface area contributed by atoms with Crippen molar-refractivity contribution in [3.05, 3.63) is 28.8 Å². The fourth-order valence-electron chi connectivity index (χ4n) is 1.99. The summed E-state index contributed by atoms with van der Waals surface area (Å²) in [5.41, 5.74) is 4.47. The topological polar surface area (TPSA) is 49.3 Å². The number of hydrogen-bond donors (Lipinski definition) is 2. The molecule has 3 heteroatoms. The van der Waals surface area contributed by atoms with Crippen molar-refractivity contribution in [3.8, 4) is 0 Å². The van der Waals surface area contributed by atoms with Crippen molar-refractivity contribution in [2.45, 2.75) is 26.3 Å². The average Bonchev–Trinajstić information content (AvgIpc) is 2.47. The van der Waals surface area contributed by atoms with E-state index in [1.54, 1.807) is 0 Å². The quantitative estimate of drug-likeness (QED) is 0.710. The molecular formula is C11H13NO2. The van der Waals surface area contributed by atoms with Gasteiger partial charge in [0.25, 0.3) is 0 Å². The third-order valence-corrected chi connectivity index (χ3v) is 2.65. The van der Waals surface area contributed by atoms with Crippen LogP contribution in [0.5, 0.6) is 0 Å². The van der Waals surface area contributed by atoms with Gasteiger partial charge in [0.15, 0.2) is 0 Å². The minimum atomic E-state index is -0.779. The molecule has 1 heterocycles. The molecule has 0 aromatic heterocycles. The fraction of sp³-hybridized carbons (Fsp3) is 0.364. The Kier molecular flexibility index (Phi) is 1.95. The van der Waals surface area contributed by atoms with Gasteiger partial charge in [-0.25, -0.2) is 4.79 Å². The van der Waals surface area contributed by atoms with Crippen LogP contribution in [0.2, 0.25) is 0 Å². The molecule has 14 heavy (non-hydrogen) atoms. The lowest BCUT2D eigenvalue weighted by Crippen LogP contribution is -2.26. The van der Waals surface area contributed by atoms with E-state index in [9.17, 15) is 4.79 Å². The summed E-state index contributed by atoms with van der Waals surface area (Å²) in [5.74, 6) is -0.779. The lowest BCUT2D eigenvalue weighted by molar-refractivity contribution is -0.137. The number of carbonyl (C=O) groups is 1. The van der Waals surface area contributed by atoms with Crippen LogP contribution in [0.1, 0.15) is 16.7 Å². The Morgan fingerprint density at radius 1 is 1.50 bits per heavy atom. The van der Waals surface area contributed by atoms with Gasteiger partial charge in [0.05, 0.1) is 0 Å². The molecule has 1 aliphatic rings. The standard InChI is InChI=1S/C11H13NO2/c1-6-3-7(2)8-5-10(11(13)14)12-9(8)4-6/h3-4,10,12H,5H2,1-2H3,(H,13,14). The van der Waals surface area contributed by atoms with Gasteiger partial charge in [-0.1, -0.05) is 6.07 Å². The van der Waals surface area contributed by atoms with Crippen molar-refractivity contribution >= 4 is 11.7 Å². The number of fused-ring (bicyclic) bond motifs is 1. The largest absolute Gasteiger partial charge is 0.480 e. The summed E-state index contributed by atoms with van der Waals surface area (Å²) in [5, 5.41) is 11.9. The minimum Gasteiger partial charge on any atom is -0.480 e. The van der Waals surface area contributed by atoms with Crippen LogP contribution in [-0.4, -0.2) is 17.1 Å². The molecule has 0 fully saturated rings. The highest BCUT2D eigenvalue weighted by atomic mass is 16.4. The number of hydrogen-bond acceptors (Lipinski definition) is 2. The highest BCUT2D eigenvalue weighted by molar-refractivity contribution is 5.81. The number of rotatable bonds is 1. The van der Waals surface area contributed by atoms with Gasteiger partial charge in [-0.2, -0.15) is 0 Å². The van der Waals surface area contributed by atoms with E-state index in [1.165, 1.54) is 11.1 Å². The first-order valence-corrected chi connectivity index (χ1v) is 4.67. The molecule has 74 valence electrons. The summed E-state index contributed by atoms with van der Waals surface area (Å²) in [6, 6.07) is 3.64. The summed E-state index contributed by atoms with van der Waals surface area (Å²) in [4.78, 5) is 10.8. The normalized spacial score (nSPS) is 18.9. The van der Waals surface area contributed by atoms with E-state index in [0.717, 1.165) is 11.3 Å². The molecule has 0 amide bonds. The number of aliphatic carboxylic acids is 1. The first kappa shape index (κ1) is 9.06. The zero-order valence-electron chi connectivity index (χ0n) is 8.29. The van der Waals surface area contributed by atoms with Gasteiger partial charge >= 0.3 is 5.97 Å².